The maximum Gasteiger partial charge on any atom is 0.138 e. The predicted octanol–water partition coefficient (Wildman–Crippen LogP) is 13.4. The molecule has 12 rings (SSSR count). The van der Waals surface area contributed by atoms with Crippen LogP contribution in [0.2, 0.25) is 0 Å². The van der Waals surface area contributed by atoms with Gasteiger partial charge in [0.15, 0.2) is 0 Å². The molecular weight excluding hydrogens is 729 g/mol. The molecule has 2 aromatic heterocycles. The Kier molecular flexibility index (Phi) is 7.01. The summed E-state index contributed by atoms with van der Waals surface area (Å²) in [5, 5.41) is 2.30. The van der Waals surface area contributed by atoms with E-state index in [2.05, 4.69) is 191 Å². The first-order valence-electron chi connectivity index (χ1n) is 22.0. The SMILES string of the molecule is [2H]C([2H])([2H])N1CN(c2cccc(C3(c4ccc5c6ccccc6n(-c6cc(-c7ccccc7-c7ccccc7)ccn6)c5c4)c4ccccc4-c4ccccc43)c2)c2ccccc21. The molecule has 8 aromatic carbocycles. The Balaban J connectivity index is 1.09. The number of hydrogen-bond donors (Lipinski definition) is 0. The Morgan fingerprint density at radius 1 is 0.483 bits per heavy atom. The van der Waals surface area contributed by atoms with Crippen LogP contribution >= 0.6 is 0 Å². The second-order valence-electron chi connectivity index (χ2n) is 15.8. The molecule has 10 aromatic rings. The first-order valence-corrected chi connectivity index (χ1v) is 20.5. The molecule has 0 atom stereocenters. The van der Waals surface area contributed by atoms with Crippen molar-refractivity contribution in [2.24, 2.45) is 0 Å². The summed E-state index contributed by atoms with van der Waals surface area (Å²) in [6.45, 7) is -2.08. The van der Waals surface area contributed by atoms with E-state index >= 15 is 0 Å². The molecule has 0 bridgehead atoms. The maximum absolute atomic E-state index is 8.41. The summed E-state index contributed by atoms with van der Waals surface area (Å²) in [4.78, 5) is 8.74. The number of pyridine rings is 1. The number of nitrogens with zero attached hydrogens (tertiary/aromatic N) is 4. The van der Waals surface area contributed by atoms with Crippen molar-refractivity contribution in [1.82, 2.24) is 9.55 Å². The molecule has 1 aliphatic heterocycles. The van der Waals surface area contributed by atoms with Crippen molar-refractivity contribution in [2.45, 2.75) is 5.41 Å². The highest BCUT2D eigenvalue weighted by molar-refractivity contribution is 6.09. The Labute approximate surface area is 354 Å². The van der Waals surface area contributed by atoms with Crippen molar-refractivity contribution in [3.05, 3.63) is 235 Å². The molecule has 0 amide bonds. The Bertz CT molecular complexity index is 3360. The zero-order chi connectivity index (χ0) is 42.3. The lowest BCUT2D eigenvalue weighted by Crippen LogP contribution is -2.29. The summed E-state index contributed by atoms with van der Waals surface area (Å²) in [5.41, 5.74) is 15.6. The number of anilines is 3. The molecule has 2 aliphatic rings. The van der Waals surface area contributed by atoms with E-state index < -0.39 is 12.4 Å². The van der Waals surface area contributed by atoms with Gasteiger partial charge < -0.3 is 9.80 Å². The van der Waals surface area contributed by atoms with Gasteiger partial charge in [-0.15, -0.1) is 0 Å². The van der Waals surface area contributed by atoms with Gasteiger partial charge in [0.05, 0.1) is 34.5 Å². The van der Waals surface area contributed by atoms with Crippen molar-refractivity contribution >= 4 is 38.9 Å². The molecule has 0 N–H and O–H groups in total. The number of rotatable bonds is 6. The van der Waals surface area contributed by atoms with Crippen LogP contribution in [0, 0.1) is 0 Å². The molecule has 0 unspecified atom stereocenters. The molecule has 0 fully saturated rings. The second-order valence-corrected chi connectivity index (χ2v) is 15.8. The van der Waals surface area contributed by atoms with E-state index in [0.29, 0.717) is 5.69 Å². The molecule has 4 heteroatoms. The van der Waals surface area contributed by atoms with Gasteiger partial charge in [-0.05, 0) is 104 Å². The van der Waals surface area contributed by atoms with Gasteiger partial charge >= 0.3 is 0 Å². The van der Waals surface area contributed by atoms with Gasteiger partial charge in [-0.1, -0.05) is 158 Å². The van der Waals surface area contributed by atoms with Gasteiger partial charge in [0.2, 0.25) is 0 Å². The highest BCUT2D eigenvalue weighted by atomic mass is 15.4. The van der Waals surface area contributed by atoms with E-state index in [1.165, 1.54) is 38.3 Å². The Morgan fingerprint density at radius 3 is 1.90 bits per heavy atom. The molecule has 3 heterocycles. The van der Waals surface area contributed by atoms with Crippen LogP contribution in [0.25, 0.3) is 61.0 Å². The van der Waals surface area contributed by atoms with Gasteiger partial charge in [-0.2, -0.15) is 0 Å². The largest absolute Gasteiger partial charge is 0.355 e. The monoisotopic (exact) mass is 771 g/mol. The number of benzene rings is 8. The average Bonchev–Trinajstić information content (AvgIpc) is 3.99. The molecule has 0 saturated carbocycles. The van der Waals surface area contributed by atoms with Gasteiger partial charge in [0.1, 0.15) is 5.82 Å². The normalized spacial score (nSPS) is 14.7. The highest BCUT2D eigenvalue weighted by Crippen LogP contribution is 2.57. The third kappa shape index (κ3) is 5.01. The van der Waals surface area contributed by atoms with Crippen LogP contribution in [0.5, 0.6) is 0 Å². The topological polar surface area (TPSA) is 24.3 Å². The van der Waals surface area contributed by atoms with E-state index in [1.54, 1.807) is 0 Å². The van der Waals surface area contributed by atoms with Crippen LogP contribution in [-0.2, 0) is 5.41 Å². The predicted molar refractivity (Wildman–Crippen MR) is 249 cm³/mol. The molecule has 0 spiro atoms. The summed E-state index contributed by atoms with van der Waals surface area (Å²) >= 11 is 0. The van der Waals surface area contributed by atoms with Crippen LogP contribution in [0.3, 0.4) is 0 Å². The fourth-order valence-electron chi connectivity index (χ4n) is 10.1. The lowest BCUT2D eigenvalue weighted by atomic mass is 9.67. The molecule has 4 nitrogen and oxygen atoms in total. The number of para-hydroxylation sites is 3. The van der Waals surface area contributed by atoms with Gasteiger partial charge in [0, 0.05) is 33.7 Å². The summed E-state index contributed by atoms with van der Waals surface area (Å²) in [7, 11) is 0. The Hall–Kier alpha value is -7.69. The second kappa shape index (κ2) is 13.4. The zero-order valence-electron chi connectivity index (χ0n) is 35.7. The maximum atomic E-state index is 8.41. The van der Waals surface area contributed by atoms with Crippen LogP contribution in [0.15, 0.2) is 212 Å². The minimum absolute atomic E-state index is 0.216. The fraction of sp³-hybridized carbons (Fsp3) is 0.0536. The average molecular weight is 772 g/mol. The standard InChI is InChI=1S/C56H40N4/c1-58-37-59(53-29-14-13-28-52(53)58)42-19-15-18-40(35-42)56(49-25-10-7-22-45(49)46-23-8-11-26-50(46)56)41-30-31-48-47-24-9-12-27-51(47)60(54(48)36-41)55-34-39(32-33-57-55)44-21-6-5-20-43(44)38-16-3-2-4-17-38/h2-36H,37H2,1H3/i1D3. The number of hydrogen-bond acceptors (Lipinski definition) is 3. The zero-order valence-corrected chi connectivity index (χ0v) is 32.7. The van der Waals surface area contributed by atoms with Crippen LogP contribution < -0.4 is 9.80 Å². The smallest absolute Gasteiger partial charge is 0.138 e. The number of fused-ring (bicyclic) bond motifs is 7. The quantitative estimate of drug-likeness (QED) is 0.168. The lowest BCUT2D eigenvalue weighted by Gasteiger charge is -2.35. The first-order chi connectivity index (χ1) is 30.9. The molecule has 60 heavy (non-hydrogen) atoms. The lowest BCUT2D eigenvalue weighted by molar-refractivity contribution is 0.768. The number of aromatic nitrogens is 2. The van der Waals surface area contributed by atoms with Gasteiger partial charge in [-0.3, -0.25) is 4.57 Å². The summed E-state index contributed by atoms with van der Waals surface area (Å²) in [6.07, 6.45) is 1.93. The molecule has 0 radical (unpaired) electrons. The molecule has 1 aliphatic carbocycles. The van der Waals surface area contributed by atoms with E-state index in [4.69, 9.17) is 9.10 Å². The highest BCUT2D eigenvalue weighted by Gasteiger charge is 2.46. The van der Waals surface area contributed by atoms with Crippen LogP contribution in [0.4, 0.5) is 17.1 Å². The minimum Gasteiger partial charge on any atom is -0.355 e. The molecular formula is C56H40N4. The van der Waals surface area contributed by atoms with E-state index in [1.807, 2.05) is 30.5 Å². The molecule has 284 valence electrons. The van der Waals surface area contributed by atoms with Crippen molar-refractivity contribution < 1.29 is 4.11 Å². The summed E-state index contributed by atoms with van der Waals surface area (Å²) in [6, 6.07) is 73.2. The van der Waals surface area contributed by atoms with E-state index in [-0.39, 0.29) is 6.67 Å². The summed E-state index contributed by atoms with van der Waals surface area (Å²) < 4.78 is 27.5. The van der Waals surface area contributed by atoms with Gasteiger partial charge in [0.25, 0.3) is 0 Å². The van der Waals surface area contributed by atoms with Crippen molar-refractivity contribution in [2.75, 3.05) is 23.4 Å². The van der Waals surface area contributed by atoms with E-state index in [0.717, 1.165) is 61.3 Å². The minimum atomic E-state index is -2.29. The first kappa shape index (κ1) is 31.3. The third-order valence-electron chi connectivity index (χ3n) is 12.7. The third-order valence-corrected chi connectivity index (χ3v) is 12.7. The van der Waals surface area contributed by atoms with Crippen molar-refractivity contribution in [1.29, 1.82) is 0 Å². The van der Waals surface area contributed by atoms with Crippen molar-refractivity contribution in [3.63, 3.8) is 0 Å². The van der Waals surface area contributed by atoms with Crippen LogP contribution in [0.1, 0.15) is 26.4 Å². The van der Waals surface area contributed by atoms with Crippen LogP contribution in [-0.4, -0.2) is 23.2 Å². The van der Waals surface area contributed by atoms with E-state index in [9.17, 15) is 0 Å². The fourth-order valence-corrected chi connectivity index (χ4v) is 10.1. The van der Waals surface area contributed by atoms with Crippen molar-refractivity contribution in [3.8, 4) is 39.2 Å². The molecule has 0 saturated heterocycles. The summed E-state index contributed by atoms with van der Waals surface area (Å²) in [5.74, 6) is 0.841. The van der Waals surface area contributed by atoms with Gasteiger partial charge in [-0.25, -0.2) is 4.98 Å². The Morgan fingerprint density at radius 2 is 1.12 bits per heavy atom.